The molecule has 0 heterocycles. The SMILES string of the molecule is CCCCCCCCOc1ccc(-c2ccc(-c3ccc4c(c3)C(C(F)(F)C(F)(F)CCC)(C(F)(F)C(F)(F)CCC)c3cc(-c5ccc(-c6ccc(OCCCCCCCC)cc6)cc5)ccc3-4)cc2)cc1. The van der Waals surface area contributed by atoms with E-state index >= 15 is 35.1 Å². The minimum Gasteiger partial charge on any atom is -0.494 e. The number of hydrogen-bond acceptors (Lipinski definition) is 2. The smallest absolute Gasteiger partial charge is 0.329 e. The quantitative estimate of drug-likeness (QED) is 0.0360. The highest BCUT2D eigenvalue weighted by Crippen LogP contribution is 2.70. The van der Waals surface area contributed by atoms with E-state index in [-0.39, 0.29) is 22.3 Å². The van der Waals surface area contributed by atoms with Crippen LogP contribution in [-0.2, 0) is 5.41 Å². The highest BCUT2D eigenvalue weighted by Gasteiger charge is 2.84. The van der Waals surface area contributed by atoms with Gasteiger partial charge in [0.25, 0.3) is 0 Å². The molecule has 2 nitrogen and oxygen atoms in total. The minimum atomic E-state index is -5.73. The Morgan fingerprint density at radius 2 is 0.603 bits per heavy atom. The van der Waals surface area contributed by atoms with Gasteiger partial charge in [0.1, 0.15) is 11.5 Å². The third-order valence-electron chi connectivity index (χ3n) is 14.5. The lowest BCUT2D eigenvalue weighted by atomic mass is 9.63. The summed E-state index contributed by atoms with van der Waals surface area (Å²) in [5, 5.41) is 0. The van der Waals surface area contributed by atoms with Crippen molar-refractivity contribution < 1.29 is 44.6 Å². The van der Waals surface area contributed by atoms with E-state index in [0.29, 0.717) is 24.3 Å². The molecule has 0 amide bonds. The number of hydrogen-bond donors (Lipinski definition) is 0. The van der Waals surface area contributed by atoms with Gasteiger partial charge >= 0.3 is 23.7 Å². The zero-order valence-electron chi connectivity index (χ0n) is 42.8. The second-order valence-corrected chi connectivity index (χ2v) is 19.8. The van der Waals surface area contributed by atoms with Crippen molar-refractivity contribution in [2.24, 2.45) is 0 Å². The molecule has 0 aromatic heterocycles. The first-order valence-electron chi connectivity index (χ1n) is 26.5. The largest absolute Gasteiger partial charge is 0.494 e. The van der Waals surface area contributed by atoms with E-state index < -0.39 is 65.9 Å². The summed E-state index contributed by atoms with van der Waals surface area (Å²) in [6.07, 6.45) is 9.72. The normalized spacial score (nSPS) is 13.5. The van der Waals surface area contributed by atoms with Gasteiger partial charge in [-0.3, -0.25) is 0 Å². The lowest BCUT2D eigenvalue weighted by Crippen LogP contribution is -2.69. The van der Waals surface area contributed by atoms with E-state index in [2.05, 4.69) is 13.8 Å². The molecular formula is C63H70F8O2. The van der Waals surface area contributed by atoms with Crippen LogP contribution in [0.4, 0.5) is 35.1 Å². The molecule has 0 saturated heterocycles. The lowest BCUT2D eigenvalue weighted by molar-refractivity contribution is -0.323. The molecule has 0 radical (unpaired) electrons. The van der Waals surface area contributed by atoms with Gasteiger partial charge in [0.2, 0.25) is 0 Å². The fraction of sp³-hybridized carbons (Fsp3) is 0.429. The Morgan fingerprint density at radius 1 is 0.329 bits per heavy atom. The van der Waals surface area contributed by atoms with Gasteiger partial charge in [0, 0.05) is 12.8 Å². The average Bonchev–Trinajstić information content (AvgIpc) is 3.69. The predicted octanol–water partition coefficient (Wildman–Crippen LogP) is 20.2. The van der Waals surface area contributed by atoms with E-state index in [1.807, 2.05) is 48.5 Å². The van der Waals surface area contributed by atoms with Gasteiger partial charge in [0.15, 0.2) is 5.41 Å². The molecule has 7 rings (SSSR count). The van der Waals surface area contributed by atoms with Gasteiger partial charge in [0.05, 0.1) is 13.2 Å². The Balaban J connectivity index is 1.23. The number of alkyl halides is 8. The summed E-state index contributed by atoms with van der Waals surface area (Å²) >= 11 is 0. The Bertz CT molecular complexity index is 2490. The topological polar surface area (TPSA) is 18.5 Å². The molecule has 1 aliphatic carbocycles. The van der Waals surface area contributed by atoms with Gasteiger partial charge < -0.3 is 9.47 Å². The first kappa shape index (κ1) is 55.1. The fourth-order valence-corrected chi connectivity index (χ4v) is 10.4. The number of rotatable bonds is 28. The summed E-state index contributed by atoms with van der Waals surface area (Å²) in [6, 6.07) is 36.5. The molecule has 73 heavy (non-hydrogen) atoms. The van der Waals surface area contributed by atoms with Gasteiger partial charge in [-0.1, -0.05) is 202 Å². The summed E-state index contributed by atoms with van der Waals surface area (Å²) in [7, 11) is 0. The first-order chi connectivity index (χ1) is 35.1. The van der Waals surface area contributed by atoms with Gasteiger partial charge in [-0.15, -0.1) is 0 Å². The van der Waals surface area contributed by atoms with Crippen LogP contribution in [0.3, 0.4) is 0 Å². The van der Waals surface area contributed by atoms with Crippen molar-refractivity contribution in [3.05, 3.63) is 145 Å². The van der Waals surface area contributed by atoms with Gasteiger partial charge in [-0.05, 0) is 116 Å². The van der Waals surface area contributed by atoms with Crippen molar-refractivity contribution in [1.29, 1.82) is 0 Å². The van der Waals surface area contributed by atoms with Gasteiger partial charge in [-0.25, -0.2) is 0 Å². The monoisotopic (exact) mass is 1010 g/mol. The molecule has 0 N–H and O–H groups in total. The molecule has 0 saturated carbocycles. The predicted molar refractivity (Wildman–Crippen MR) is 282 cm³/mol. The number of ether oxygens (including phenoxy) is 2. The van der Waals surface area contributed by atoms with Crippen molar-refractivity contribution in [2.45, 2.75) is 160 Å². The van der Waals surface area contributed by atoms with E-state index in [1.165, 1.54) is 89.5 Å². The van der Waals surface area contributed by atoms with Crippen LogP contribution in [0.15, 0.2) is 133 Å². The highest BCUT2D eigenvalue weighted by atomic mass is 19.3. The molecule has 1 aliphatic rings. The molecule has 0 bridgehead atoms. The van der Waals surface area contributed by atoms with Crippen LogP contribution in [0.1, 0.15) is 142 Å². The third kappa shape index (κ3) is 11.5. The van der Waals surface area contributed by atoms with E-state index in [9.17, 15) is 0 Å². The van der Waals surface area contributed by atoms with Crippen LogP contribution >= 0.6 is 0 Å². The Kier molecular flexibility index (Phi) is 18.2. The second kappa shape index (κ2) is 24.1. The number of halogens is 8. The highest BCUT2D eigenvalue weighted by molar-refractivity contribution is 5.88. The molecule has 6 aromatic rings. The molecule has 6 aromatic carbocycles. The van der Waals surface area contributed by atoms with E-state index in [4.69, 9.17) is 9.47 Å². The van der Waals surface area contributed by atoms with Crippen LogP contribution in [0.5, 0.6) is 11.5 Å². The van der Waals surface area contributed by atoms with E-state index in [1.54, 1.807) is 48.5 Å². The summed E-state index contributed by atoms with van der Waals surface area (Å²) < 4.78 is 148. The summed E-state index contributed by atoms with van der Waals surface area (Å²) in [5.41, 5.74) is -2.66. The van der Waals surface area contributed by atoms with E-state index in [0.717, 1.165) is 71.6 Å². The third-order valence-corrected chi connectivity index (χ3v) is 14.5. The van der Waals surface area contributed by atoms with Crippen molar-refractivity contribution in [2.75, 3.05) is 13.2 Å². The molecular weight excluding hydrogens is 941 g/mol. The number of fused-ring (bicyclic) bond motifs is 3. The lowest BCUT2D eigenvalue weighted by Gasteiger charge is -2.49. The number of benzene rings is 6. The molecule has 390 valence electrons. The van der Waals surface area contributed by atoms with Crippen LogP contribution in [0.25, 0.3) is 55.6 Å². The second-order valence-electron chi connectivity index (χ2n) is 19.8. The Labute approximate surface area is 427 Å². The molecule has 10 heteroatoms. The molecule has 0 spiro atoms. The van der Waals surface area contributed by atoms with Crippen LogP contribution in [0, 0.1) is 0 Å². The van der Waals surface area contributed by atoms with Crippen LogP contribution in [-0.4, -0.2) is 36.9 Å². The van der Waals surface area contributed by atoms with Crippen molar-refractivity contribution in [3.8, 4) is 67.1 Å². The minimum absolute atomic E-state index is 0.123. The zero-order valence-corrected chi connectivity index (χ0v) is 42.8. The van der Waals surface area contributed by atoms with Crippen molar-refractivity contribution >= 4 is 0 Å². The fourth-order valence-electron chi connectivity index (χ4n) is 10.4. The van der Waals surface area contributed by atoms with Gasteiger partial charge in [-0.2, -0.15) is 35.1 Å². The summed E-state index contributed by atoms with van der Waals surface area (Å²) in [5.74, 6) is -20.3. The maximum Gasteiger partial charge on any atom is 0.329 e. The summed E-state index contributed by atoms with van der Waals surface area (Å²) in [4.78, 5) is 0. The maximum absolute atomic E-state index is 17.7. The molecule has 0 unspecified atom stereocenters. The van der Waals surface area contributed by atoms with Crippen LogP contribution in [0.2, 0.25) is 0 Å². The average molecular weight is 1010 g/mol. The first-order valence-corrected chi connectivity index (χ1v) is 26.5. The summed E-state index contributed by atoms with van der Waals surface area (Å²) in [6.45, 7) is 8.03. The van der Waals surface area contributed by atoms with Crippen LogP contribution < -0.4 is 9.47 Å². The molecule has 0 atom stereocenters. The zero-order chi connectivity index (χ0) is 52.3. The van der Waals surface area contributed by atoms with Crippen molar-refractivity contribution in [1.82, 2.24) is 0 Å². The van der Waals surface area contributed by atoms with Crippen molar-refractivity contribution in [3.63, 3.8) is 0 Å². The Morgan fingerprint density at radius 3 is 0.918 bits per heavy atom. The maximum atomic E-state index is 17.7. The molecule has 0 fully saturated rings. The standard InChI is InChI=1S/C63H70F8O2/c1-5-9-11-13-15-17-41-72-53-33-27-47(28-34-53)45-19-23-49(24-20-45)51-31-37-55-56-38-32-52(50-25-21-46(22-26-50)48-29-35-54(36-30-48)73-42-18-16-14-12-10-6-2)44-58(56)61(57(55)43-51,62(68,69)59(64,65)39-7-3)63(70,71)60(66,67)40-8-4/h19-38,43-44H,5-18,39-42H2,1-4H3. The molecule has 0 aliphatic heterocycles. The number of unbranched alkanes of at least 4 members (excludes halogenated alkanes) is 10. The Hall–Kier alpha value is -5.64.